The smallest absolute Gasteiger partial charge is 0.294 e. The third kappa shape index (κ3) is 4.23. The van der Waals surface area contributed by atoms with E-state index in [9.17, 15) is 19.7 Å². The van der Waals surface area contributed by atoms with E-state index in [1.54, 1.807) is 31.2 Å². The molecular weight excluding hydrogens is 398 g/mol. The number of ether oxygens (including phenoxy) is 1. The van der Waals surface area contributed by atoms with Gasteiger partial charge >= 0.3 is 0 Å². The number of hydrogen-bond acceptors (Lipinski definition) is 6. The predicted molar refractivity (Wildman–Crippen MR) is 116 cm³/mol. The van der Waals surface area contributed by atoms with Crippen LogP contribution in [0.1, 0.15) is 13.3 Å². The largest absolute Gasteiger partial charge is 0.457 e. The molecule has 0 aliphatic carbocycles. The van der Waals surface area contributed by atoms with Gasteiger partial charge in [-0.25, -0.2) is 0 Å². The first-order valence-electron chi connectivity index (χ1n) is 9.67. The third-order valence-corrected chi connectivity index (χ3v) is 4.92. The molecule has 1 aliphatic rings. The van der Waals surface area contributed by atoms with Crippen LogP contribution in [0.25, 0.3) is 0 Å². The molecule has 0 bridgehead atoms. The minimum Gasteiger partial charge on any atom is -0.457 e. The maximum atomic E-state index is 12.2. The van der Waals surface area contributed by atoms with Crippen molar-refractivity contribution in [1.82, 2.24) is 0 Å². The average Bonchev–Trinajstić information content (AvgIpc) is 3.02. The number of amides is 2. The van der Waals surface area contributed by atoms with E-state index in [2.05, 4.69) is 5.32 Å². The molecule has 1 saturated heterocycles. The summed E-state index contributed by atoms with van der Waals surface area (Å²) in [6, 6.07) is 20.6. The zero-order valence-electron chi connectivity index (χ0n) is 16.6. The highest BCUT2D eigenvalue weighted by Gasteiger charge is 2.37. The molecule has 1 aliphatic heterocycles. The monoisotopic (exact) mass is 417 g/mol. The van der Waals surface area contributed by atoms with Gasteiger partial charge in [-0.05, 0) is 48.5 Å². The summed E-state index contributed by atoms with van der Waals surface area (Å²) in [6.07, 6.45) is 0.101. The van der Waals surface area contributed by atoms with Crippen molar-refractivity contribution >= 4 is 34.6 Å². The van der Waals surface area contributed by atoms with Gasteiger partial charge in [-0.3, -0.25) is 24.6 Å². The molecule has 0 unspecified atom stereocenters. The second-order valence-corrected chi connectivity index (χ2v) is 7.20. The molecule has 0 spiro atoms. The number of nitro benzene ring substituents is 1. The number of carbonyl (C=O) groups excluding carboxylic acids is 2. The average molecular weight is 417 g/mol. The lowest BCUT2D eigenvalue weighted by atomic mass is 10.1. The fourth-order valence-corrected chi connectivity index (χ4v) is 3.36. The minimum atomic E-state index is -0.548. The molecule has 1 fully saturated rings. The van der Waals surface area contributed by atoms with Crippen LogP contribution in [0.15, 0.2) is 72.8 Å². The summed E-state index contributed by atoms with van der Waals surface area (Å²) in [4.78, 5) is 36.5. The lowest BCUT2D eigenvalue weighted by Crippen LogP contribution is -2.30. The molecule has 4 rings (SSSR count). The van der Waals surface area contributed by atoms with E-state index < -0.39 is 10.8 Å². The maximum absolute atomic E-state index is 12.2. The van der Waals surface area contributed by atoms with E-state index in [0.29, 0.717) is 17.2 Å². The fraction of sp³-hybridized carbons (Fsp3) is 0.130. The maximum Gasteiger partial charge on any atom is 0.294 e. The van der Waals surface area contributed by atoms with E-state index >= 15 is 0 Å². The number of imide groups is 1. The Morgan fingerprint density at radius 3 is 2.29 bits per heavy atom. The highest BCUT2D eigenvalue weighted by atomic mass is 16.6. The molecule has 3 aromatic rings. The zero-order valence-corrected chi connectivity index (χ0v) is 16.6. The van der Waals surface area contributed by atoms with Gasteiger partial charge in [0.25, 0.3) is 5.69 Å². The first-order chi connectivity index (χ1) is 14.9. The Kier molecular flexibility index (Phi) is 5.36. The van der Waals surface area contributed by atoms with Crippen molar-refractivity contribution in [3.63, 3.8) is 0 Å². The Morgan fingerprint density at radius 1 is 1.00 bits per heavy atom. The van der Waals surface area contributed by atoms with Crippen LogP contribution in [0.2, 0.25) is 0 Å². The molecule has 8 heteroatoms. The van der Waals surface area contributed by atoms with Crippen molar-refractivity contribution in [3.8, 4) is 11.5 Å². The Balaban J connectivity index is 1.55. The van der Waals surface area contributed by atoms with Gasteiger partial charge < -0.3 is 10.1 Å². The van der Waals surface area contributed by atoms with Crippen molar-refractivity contribution in [2.75, 3.05) is 10.2 Å². The van der Waals surface area contributed by atoms with E-state index in [4.69, 9.17) is 4.74 Å². The lowest BCUT2D eigenvalue weighted by Gasteiger charge is -2.16. The summed E-state index contributed by atoms with van der Waals surface area (Å²) < 4.78 is 5.74. The van der Waals surface area contributed by atoms with Crippen LogP contribution in [0.3, 0.4) is 0 Å². The van der Waals surface area contributed by atoms with E-state index in [1.165, 1.54) is 18.2 Å². The Labute approximate surface area is 178 Å². The van der Waals surface area contributed by atoms with Crippen LogP contribution in [0.4, 0.5) is 22.7 Å². The van der Waals surface area contributed by atoms with Gasteiger partial charge in [-0.1, -0.05) is 25.1 Å². The summed E-state index contributed by atoms with van der Waals surface area (Å²) in [6.45, 7) is 1.66. The van der Waals surface area contributed by atoms with Crippen molar-refractivity contribution in [2.45, 2.75) is 13.3 Å². The number of para-hydroxylation sites is 1. The number of hydrogen-bond donors (Lipinski definition) is 1. The van der Waals surface area contributed by atoms with Crippen molar-refractivity contribution in [3.05, 3.63) is 82.9 Å². The summed E-state index contributed by atoms with van der Waals surface area (Å²) in [7, 11) is 0. The molecule has 31 heavy (non-hydrogen) atoms. The van der Waals surface area contributed by atoms with Crippen LogP contribution in [0.5, 0.6) is 11.5 Å². The number of anilines is 3. The number of nitro groups is 1. The summed E-state index contributed by atoms with van der Waals surface area (Å²) in [5.74, 6) is 0.188. The summed E-state index contributed by atoms with van der Waals surface area (Å²) in [5, 5.41) is 14.6. The van der Waals surface area contributed by atoms with Gasteiger partial charge in [0.05, 0.1) is 10.6 Å². The second-order valence-electron chi connectivity index (χ2n) is 7.20. The standard InChI is InChI=1S/C23H19N3O5/c1-15-13-22(27)25(23(15)28)17-9-12-20(21(14-17)26(29)30)24-16-7-10-19(11-8-16)31-18-5-3-2-4-6-18/h2-12,14-15,24H,13H2,1H3/t15-/m1/s1. The Morgan fingerprint density at radius 2 is 1.68 bits per heavy atom. The molecule has 2 amide bonds. The molecule has 1 atom stereocenters. The first kappa shape index (κ1) is 20.1. The van der Waals surface area contributed by atoms with Crippen LogP contribution >= 0.6 is 0 Å². The van der Waals surface area contributed by atoms with Gasteiger partial charge in [-0.15, -0.1) is 0 Å². The molecule has 0 radical (unpaired) electrons. The third-order valence-electron chi connectivity index (χ3n) is 4.92. The number of rotatable bonds is 6. The Hall–Kier alpha value is -4.20. The van der Waals surface area contributed by atoms with Crippen LogP contribution in [-0.4, -0.2) is 16.7 Å². The highest BCUT2D eigenvalue weighted by Crippen LogP contribution is 2.35. The molecule has 1 N–H and O–H groups in total. The summed E-state index contributed by atoms with van der Waals surface area (Å²) >= 11 is 0. The zero-order chi connectivity index (χ0) is 22.0. The first-order valence-corrected chi connectivity index (χ1v) is 9.67. The van der Waals surface area contributed by atoms with E-state index in [-0.39, 0.29) is 35.3 Å². The highest BCUT2D eigenvalue weighted by molar-refractivity contribution is 6.21. The predicted octanol–water partition coefficient (Wildman–Crippen LogP) is 5.03. The molecule has 1 heterocycles. The molecule has 8 nitrogen and oxygen atoms in total. The topological polar surface area (TPSA) is 102 Å². The SMILES string of the molecule is C[C@@H]1CC(=O)N(c2ccc(Nc3ccc(Oc4ccccc4)cc3)c([N+](=O)[O-])c2)C1=O. The van der Waals surface area contributed by atoms with Crippen LogP contribution < -0.4 is 15.0 Å². The van der Waals surface area contributed by atoms with Gasteiger partial charge in [-0.2, -0.15) is 0 Å². The van der Waals surface area contributed by atoms with Gasteiger partial charge in [0, 0.05) is 24.1 Å². The molecular formula is C23H19N3O5. The van der Waals surface area contributed by atoms with Gasteiger partial charge in [0.1, 0.15) is 17.2 Å². The van der Waals surface area contributed by atoms with Gasteiger partial charge in [0.2, 0.25) is 11.8 Å². The Bertz CT molecular complexity index is 1150. The fourth-order valence-electron chi connectivity index (χ4n) is 3.36. The summed E-state index contributed by atoms with van der Waals surface area (Å²) in [5.41, 5.74) is 0.835. The van der Waals surface area contributed by atoms with E-state index in [0.717, 1.165) is 4.90 Å². The molecule has 156 valence electrons. The lowest BCUT2D eigenvalue weighted by molar-refractivity contribution is -0.383. The number of nitrogens with zero attached hydrogens (tertiary/aromatic N) is 2. The van der Waals surface area contributed by atoms with Gasteiger partial charge in [0.15, 0.2) is 0 Å². The number of nitrogens with one attached hydrogen (secondary N) is 1. The van der Waals surface area contributed by atoms with Crippen molar-refractivity contribution in [2.24, 2.45) is 5.92 Å². The van der Waals surface area contributed by atoms with E-state index in [1.807, 2.05) is 30.3 Å². The van der Waals surface area contributed by atoms with Crippen molar-refractivity contribution in [1.29, 1.82) is 0 Å². The quantitative estimate of drug-likeness (QED) is 0.343. The second kappa shape index (κ2) is 8.27. The molecule has 3 aromatic carbocycles. The molecule has 0 saturated carbocycles. The van der Waals surface area contributed by atoms with Crippen LogP contribution in [0, 0.1) is 16.0 Å². The molecule has 0 aromatic heterocycles. The number of carbonyl (C=O) groups is 2. The number of benzene rings is 3. The van der Waals surface area contributed by atoms with Crippen molar-refractivity contribution < 1.29 is 19.2 Å². The van der Waals surface area contributed by atoms with Crippen LogP contribution in [-0.2, 0) is 9.59 Å². The minimum absolute atomic E-state index is 0.101. The normalized spacial score (nSPS) is 15.8.